The molecule has 2 aromatic rings. The number of hydrogen-bond donors (Lipinski definition) is 2. The average molecular weight is 293 g/mol. The highest BCUT2D eigenvalue weighted by Crippen LogP contribution is 2.31. The van der Waals surface area contributed by atoms with E-state index >= 15 is 0 Å². The Kier molecular flexibility index (Phi) is 3.43. The molecule has 0 aromatic carbocycles. The third kappa shape index (κ3) is 2.52. The summed E-state index contributed by atoms with van der Waals surface area (Å²) in [4.78, 5) is 22.9. The predicted molar refractivity (Wildman–Crippen MR) is 70.9 cm³/mol. The molecule has 2 aromatic heterocycles. The average Bonchev–Trinajstić information content (AvgIpc) is 3.01. The van der Waals surface area contributed by atoms with Crippen molar-refractivity contribution in [3.63, 3.8) is 0 Å². The number of carbonyl (C=O) groups is 1. The first-order valence-corrected chi connectivity index (χ1v) is 6.46. The van der Waals surface area contributed by atoms with E-state index in [4.69, 9.17) is 15.2 Å². The van der Waals surface area contributed by atoms with Crippen LogP contribution in [0.4, 0.5) is 5.82 Å². The molecule has 112 valence electrons. The quantitative estimate of drug-likeness (QED) is 0.733. The summed E-state index contributed by atoms with van der Waals surface area (Å²) in [5.74, 6) is -0.118. The Morgan fingerprint density at radius 1 is 1.57 bits per heavy atom. The van der Waals surface area contributed by atoms with Gasteiger partial charge in [-0.1, -0.05) is 0 Å². The number of hydrogen-bond acceptors (Lipinski definition) is 8. The number of carbonyl (C=O) groups excluding carboxylic acids is 1. The molecule has 0 spiro atoms. The molecule has 3 N–H and O–H groups in total. The van der Waals surface area contributed by atoms with Gasteiger partial charge >= 0.3 is 5.97 Å². The van der Waals surface area contributed by atoms with E-state index in [9.17, 15) is 9.90 Å². The standard InChI is InChI=1S/C12H15N5O4/c1-6(18)20-3-7-2-8(19)12(21-7)17-5-16-9-10(13)14-4-15-11(9)17/h4-5,7-8,12,19H,2-3H2,1H3,(H2,13,14,15). The Hall–Kier alpha value is -2.26. The van der Waals surface area contributed by atoms with Crippen LogP contribution in [0.2, 0.25) is 0 Å². The molecule has 3 unspecified atom stereocenters. The van der Waals surface area contributed by atoms with Crippen molar-refractivity contribution in [1.29, 1.82) is 0 Å². The normalized spacial score (nSPS) is 25.3. The molecule has 0 saturated carbocycles. The van der Waals surface area contributed by atoms with Gasteiger partial charge in [0.1, 0.15) is 24.6 Å². The highest BCUT2D eigenvalue weighted by Gasteiger charge is 2.36. The van der Waals surface area contributed by atoms with Crippen LogP contribution >= 0.6 is 0 Å². The third-order valence-electron chi connectivity index (χ3n) is 3.30. The van der Waals surface area contributed by atoms with Crippen LogP contribution in [-0.2, 0) is 14.3 Å². The van der Waals surface area contributed by atoms with Gasteiger partial charge < -0.3 is 20.3 Å². The maximum Gasteiger partial charge on any atom is 0.302 e. The fourth-order valence-corrected chi connectivity index (χ4v) is 2.35. The summed E-state index contributed by atoms with van der Waals surface area (Å²) in [7, 11) is 0. The second-order valence-electron chi connectivity index (χ2n) is 4.84. The molecule has 1 saturated heterocycles. The number of aliphatic hydroxyl groups is 1. The van der Waals surface area contributed by atoms with Crippen molar-refractivity contribution in [1.82, 2.24) is 19.5 Å². The van der Waals surface area contributed by atoms with Gasteiger partial charge in [0.2, 0.25) is 0 Å². The highest BCUT2D eigenvalue weighted by molar-refractivity contribution is 5.81. The zero-order valence-corrected chi connectivity index (χ0v) is 11.3. The Balaban J connectivity index is 1.82. The SMILES string of the molecule is CC(=O)OCC1CC(O)C(n2cnc3c(N)ncnc32)O1. The van der Waals surface area contributed by atoms with E-state index in [1.165, 1.54) is 19.6 Å². The summed E-state index contributed by atoms with van der Waals surface area (Å²) in [6, 6.07) is 0. The number of fused-ring (bicyclic) bond motifs is 1. The van der Waals surface area contributed by atoms with Crippen LogP contribution in [0.15, 0.2) is 12.7 Å². The second kappa shape index (κ2) is 5.26. The topological polar surface area (TPSA) is 125 Å². The van der Waals surface area contributed by atoms with Crippen LogP contribution < -0.4 is 5.73 Å². The number of nitrogen functional groups attached to an aromatic ring is 1. The molecule has 0 amide bonds. The van der Waals surface area contributed by atoms with E-state index in [0.717, 1.165) is 0 Å². The number of rotatable bonds is 3. The molecule has 3 rings (SSSR count). The van der Waals surface area contributed by atoms with Crippen molar-refractivity contribution in [2.24, 2.45) is 0 Å². The maximum absolute atomic E-state index is 10.8. The smallest absolute Gasteiger partial charge is 0.302 e. The van der Waals surface area contributed by atoms with E-state index in [0.29, 0.717) is 17.6 Å². The Labute approximate surface area is 119 Å². The number of aliphatic hydroxyl groups excluding tert-OH is 1. The number of nitrogens with zero attached hydrogens (tertiary/aromatic N) is 4. The van der Waals surface area contributed by atoms with Gasteiger partial charge in [0.25, 0.3) is 0 Å². The van der Waals surface area contributed by atoms with E-state index in [2.05, 4.69) is 15.0 Å². The maximum atomic E-state index is 10.8. The molecule has 1 fully saturated rings. The fraction of sp³-hybridized carbons (Fsp3) is 0.500. The lowest BCUT2D eigenvalue weighted by Crippen LogP contribution is -2.19. The van der Waals surface area contributed by atoms with Gasteiger partial charge in [-0.15, -0.1) is 0 Å². The van der Waals surface area contributed by atoms with Crippen LogP contribution in [0.1, 0.15) is 19.6 Å². The number of imidazole rings is 1. The number of ether oxygens (including phenoxy) is 2. The minimum absolute atomic E-state index is 0.104. The van der Waals surface area contributed by atoms with Gasteiger partial charge in [0.15, 0.2) is 17.7 Å². The number of esters is 1. The Bertz CT molecular complexity index is 673. The van der Waals surface area contributed by atoms with Crippen LogP contribution in [0, 0.1) is 0 Å². The summed E-state index contributed by atoms with van der Waals surface area (Å²) < 4.78 is 12.2. The van der Waals surface area contributed by atoms with Crippen molar-refractivity contribution in [3.05, 3.63) is 12.7 Å². The molecule has 3 atom stereocenters. The lowest BCUT2D eigenvalue weighted by molar-refractivity contribution is -0.145. The monoisotopic (exact) mass is 293 g/mol. The van der Waals surface area contributed by atoms with Crippen molar-refractivity contribution in [2.75, 3.05) is 12.3 Å². The first-order chi connectivity index (χ1) is 10.1. The summed E-state index contributed by atoms with van der Waals surface area (Å²) in [6.07, 6.45) is 1.42. The third-order valence-corrected chi connectivity index (χ3v) is 3.30. The summed E-state index contributed by atoms with van der Waals surface area (Å²) in [6.45, 7) is 1.43. The van der Waals surface area contributed by atoms with E-state index < -0.39 is 12.3 Å². The summed E-state index contributed by atoms with van der Waals surface area (Å²) in [5, 5.41) is 10.1. The number of aromatic nitrogens is 4. The van der Waals surface area contributed by atoms with E-state index in [1.807, 2.05) is 0 Å². The van der Waals surface area contributed by atoms with E-state index in [-0.39, 0.29) is 24.5 Å². The van der Waals surface area contributed by atoms with Crippen LogP contribution in [-0.4, -0.2) is 49.4 Å². The largest absolute Gasteiger partial charge is 0.463 e. The molecule has 0 bridgehead atoms. The van der Waals surface area contributed by atoms with Gasteiger partial charge in [-0.05, 0) is 0 Å². The molecule has 0 aliphatic carbocycles. The molecule has 1 aliphatic rings. The van der Waals surface area contributed by atoms with Gasteiger partial charge in [0.05, 0.1) is 12.4 Å². The fourth-order valence-electron chi connectivity index (χ4n) is 2.35. The number of anilines is 1. The van der Waals surface area contributed by atoms with Crippen molar-refractivity contribution in [2.45, 2.75) is 31.8 Å². The Morgan fingerprint density at radius 2 is 2.38 bits per heavy atom. The molecule has 1 aliphatic heterocycles. The van der Waals surface area contributed by atoms with Crippen molar-refractivity contribution >= 4 is 23.0 Å². The molecule has 0 radical (unpaired) electrons. The lowest BCUT2D eigenvalue weighted by Gasteiger charge is -2.16. The first kappa shape index (κ1) is 13.7. The predicted octanol–water partition coefficient (Wildman–Crippen LogP) is -0.380. The Morgan fingerprint density at radius 3 is 3.14 bits per heavy atom. The lowest BCUT2D eigenvalue weighted by atomic mass is 10.2. The molecule has 21 heavy (non-hydrogen) atoms. The van der Waals surface area contributed by atoms with Gasteiger partial charge in [0, 0.05) is 13.3 Å². The minimum atomic E-state index is -0.751. The van der Waals surface area contributed by atoms with Gasteiger partial charge in [-0.3, -0.25) is 9.36 Å². The van der Waals surface area contributed by atoms with Gasteiger partial charge in [-0.25, -0.2) is 15.0 Å². The van der Waals surface area contributed by atoms with E-state index in [1.54, 1.807) is 4.57 Å². The molecule has 3 heterocycles. The van der Waals surface area contributed by atoms with Crippen molar-refractivity contribution in [3.8, 4) is 0 Å². The highest BCUT2D eigenvalue weighted by atomic mass is 16.6. The van der Waals surface area contributed by atoms with Gasteiger partial charge in [-0.2, -0.15) is 0 Å². The molecule has 9 heteroatoms. The summed E-state index contributed by atoms with van der Waals surface area (Å²) in [5.41, 5.74) is 6.66. The first-order valence-electron chi connectivity index (χ1n) is 6.46. The van der Waals surface area contributed by atoms with Crippen LogP contribution in [0.3, 0.4) is 0 Å². The molecule has 9 nitrogen and oxygen atoms in total. The summed E-state index contributed by atoms with van der Waals surface area (Å²) >= 11 is 0. The zero-order valence-electron chi connectivity index (χ0n) is 11.3. The van der Waals surface area contributed by atoms with Crippen LogP contribution in [0.5, 0.6) is 0 Å². The van der Waals surface area contributed by atoms with Crippen LogP contribution in [0.25, 0.3) is 11.2 Å². The number of nitrogens with two attached hydrogens (primary N) is 1. The molecular weight excluding hydrogens is 278 g/mol. The second-order valence-corrected chi connectivity index (χ2v) is 4.84. The minimum Gasteiger partial charge on any atom is -0.463 e. The zero-order chi connectivity index (χ0) is 15.0. The van der Waals surface area contributed by atoms with Crippen molar-refractivity contribution < 1.29 is 19.4 Å². The molecular formula is C12H15N5O4.